The highest BCUT2D eigenvalue weighted by atomic mass is 35.5. The average molecular weight is 487 g/mol. The molecule has 1 amide bonds. The minimum Gasteiger partial charge on any atom is -0.480 e. The Labute approximate surface area is 202 Å². The van der Waals surface area contributed by atoms with Gasteiger partial charge in [-0.1, -0.05) is 41.4 Å². The van der Waals surface area contributed by atoms with Gasteiger partial charge in [0.2, 0.25) is 0 Å². The summed E-state index contributed by atoms with van der Waals surface area (Å²) in [5.41, 5.74) is 2.66. The predicted molar refractivity (Wildman–Crippen MR) is 129 cm³/mol. The summed E-state index contributed by atoms with van der Waals surface area (Å²) in [6.45, 7) is 0. The first kappa shape index (κ1) is 24.5. The normalized spacial score (nSPS) is 11.6. The van der Waals surface area contributed by atoms with E-state index in [2.05, 4.69) is 20.6 Å². The zero-order chi connectivity index (χ0) is 23.8. The van der Waals surface area contributed by atoms with Crippen LogP contribution in [0.5, 0.6) is 0 Å². The molecule has 3 N–H and O–H groups in total. The smallest absolute Gasteiger partial charge is 0.326 e. The Morgan fingerprint density at radius 3 is 2.33 bits per heavy atom. The molecule has 0 aliphatic rings. The molecule has 0 aliphatic carbocycles. The lowest BCUT2D eigenvalue weighted by Gasteiger charge is -2.16. The highest BCUT2D eigenvalue weighted by Crippen LogP contribution is 2.24. The minimum absolute atomic E-state index is 0.0512. The molecule has 0 fully saturated rings. The lowest BCUT2D eigenvalue weighted by atomic mass is 10.1. The highest BCUT2D eigenvalue weighted by molar-refractivity contribution is 6.39. The Kier molecular flexibility index (Phi) is 8.63. The Bertz CT molecular complexity index is 1100. The fourth-order valence-corrected chi connectivity index (χ4v) is 3.88. The van der Waals surface area contributed by atoms with Gasteiger partial charge >= 0.3 is 5.97 Å². The number of amides is 1. The topological polar surface area (TPSA) is 104 Å². The van der Waals surface area contributed by atoms with E-state index in [-0.39, 0.29) is 22.0 Å². The van der Waals surface area contributed by atoms with Gasteiger partial charge < -0.3 is 15.7 Å². The number of rotatable bonds is 10. The molecule has 1 atom stereocenters. The molecule has 0 unspecified atom stereocenters. The van der Waals surface area contributed by atoms with Gasteiger partial charge in [-0.15, -0.1) is 0 Å². The van der Waals surface area contributed by atoms with E-state index in [0.29, 0.717) is 5.56 Å². The Hall–Kier alpha value is -3.16. The summed E-state index contributed by atoms with van der Waals surface area (Å²) in [6, 6.07) is 13.1. The van der Waals surface area contributed by atoms with E-state index in [1.165, 1.54) is 12.1 Å². The molecule has 33 heavy (non-hydrogen) atoms. The van der Waals surface area contributed by atoms with Gasteiger partial charge in [0.15, 0.2) is 0 Å². The molecule has 1 aromatic carbocycles. The van der Waals surface area contributed by atoms with Crippen molar-refractivity contribution >= 4 is 40.9 Å². The lowest BCUT2D eigenvalue weighted by molar-refractivity contribution is -0.139. The molecule has 0 spiro atoms. The van der Waals surface area contributed by atoms with Gasteiger partial charge in [-0.2, -0.15) is 0 Å². The lowest BCUT2D eigenvalue weighted by Crippen LogP contribution is -2.42. The summed E-state index contributed by atoms with van der Waals surface area (Å²) in [4.78, 5) is 33.2. The maximum absolute atomic E-state index is 12.6. The van der Waals surface area contributed by atoms with Crippen molar-refractivity contribution in [2.24, 2.45) is 0 Å². The number of hydrogen-bond acceptors (Lipinski definition) is 5. The molecule has 9 heteroatoms. The summed E-state index contributed by atoms with van der Waals surface area (Å²) in [6.07, 6.45) is 4.21. The number of carbonyl (C=O) groups excluding carboxylic acids is 1. The molecule has 3 rings (SSSR count). The maximum Gasteiger partial charge on any atom is 0.326 e. The number of carboxylic acid groups (broad SMARTS) is 1. The monoisotopic (exact) mass is 486 g/mol. The molecule has 7 nitrogen and oxygen atoms in total. The second-order valence-corrected chi connectivity index (χ2v) is 8.25. The molecular weight excluding hydrogens is 463 g/mol. The van der Waals surface area contributed by atoms with E-state index < -0.39 is 17.9 Å². The fourth-order valence-electron chi connectivity index (χ4n) is 3.31. The van der Waals surface area contributed by atoms with E-state index in [1.807, 2.05) is 37.4 Å². The maximum atomic E-state index is 12.6. The average Bonchev–Trinajstić information content (AvgIpc) is 2.79. The second-order valence-electron chi connectivity index (χ2n) is 7.44. The standard InChI is InChI=1S/C24H24Cl2N4O3/c1-27-21-10-3-7-17(29-21)6-2-5-16-12-11-15(14-28-16)13-20(24(32)33)30-23(31)22-18(25)8-4-9-19(22)26/h3-4,7-12,14,20H,2,5-6,13H2,1H3,(H,27,29)(H,30,31)(H,32,33)/t20-/m0/s1. The molecule has 0 bridgehead atoms. The van der Waals surface area contributed by atoms with Gasteiger partial charge in [-0.25, -0.2) is 9.78 Å². The van der Waals surface area contributed by atoms with Crippen LogP contribution in [0.4, 0.5) is 5.82 Å². The van der Waals surface area contributed by atoms with Crippen LogP contribution in [0.2, 0.25) is 10.0 Å². The van der Waals surface area contributed by atoms with Crippen LogP contribution in [-0.4, -0.2) is 40.0 Å². The van der Waals surface area contributed by atoms with Gasteiger partial charge in [0, 0.05) is 31.1 Å². The van der Waals surface area contributed by atoms with E-state index in [9.17, 15) is 14.7 Å². The summed E-state index contributed by atoms with van der Waals surface area (Å²) in [5, 5.41) is 15.4. The molecule has 0 aliphatic heterocycles. The number of aromatic nitrogens is 2. The number of aliphatic carboxylic acids is 1. The number of anilines is 1. The fraction of sp³-hybridized carbons (Fsp3) is 0.250. The van der Waals surface area contributed by atoms with Gasteiger partial charge in [-0.3, -0.25) is 9.78 Å². The summed E-state index contributed by atoms with van der Waals surface area (Å²) in [7, 11) is 1.84. The van der Waals surface area contributed by atoms with Crippen molar-refractivity contribution < 1.29 is 14.7 Å². The van der Waals surface area contributed by atoms with Gasteiger partial charge in [0.25, 0.3) is 5.91 Å². The number of nitrogens with one attached hydrogen (secondary N) is 2. The third-order valence-electron chi connectivity index (χ3n) is 5.05. The van der Waals surface area contributed by atoms with Crippen LogP contribution in [0.25, 0.3) is 0 Å². The highest BCUT2D eigenvalue weighted by Gasteiger charge is 2.24. The van der Waals surface area contributed by atoms with Crippen molar-refractivity contribution in [3.8, 4) is 0 Å². The Morgan fingerprint density at radius 2 is 1.70 bits per heavy atom. The quantitative estimate of drug-likeness (QED) is 0.391. The van der Waals surface area contributed by atoms with Crippen LogP contribution in [-0.2, 0) is 24.1 Å². The summed E-state index contributed by atoms with van der Waals surface area (Å²) in [5.74, 6) is -0.961. The molecule has 0 saturated heterocycles. The van der Waals surface area contributed by atoms with E-state index in [0.717, 1.165) is 36.5 Å². The number of carbonyl (C=O) groups is 2. The van der Waals surface area contributed by atoms with Crippen LogP contribution >= 0.6 is 23.2 Å². The molecule has 3 aromatic rings. The molecule has 172 valence electrons. The van der Waals surface area contributed by atoms with Crippen molar-refractivity contribution in [3.05, 3.63) is 87.3 Å². The van der Waals surface area contributed by atoms with Crippen molar-refractivity contribution in [2.45, 2.75) is 31.7 Å². The minimum atomic E-state index is -1.16. The third kappa shape index (κ3) is 6.91. The van der Waals surface area contributed by atoms with Crippen LogP contribution in [0, 0.1) is 0 Å². The molecule has 2 heterocycles. The molecule has 0 saturated carbocycles. The van der Waals surface area contributed by atoms with Crippen LogP contribution < -0.4 is 10.6 Å². The zero-order valence-corrected chi connectivity index (χ0v) is 19.5. The van der Waals surface area contributed by atoms with E-state index >= 15 is 0 Å². The zero-order valence-electron chi connectivity index (χ0n) is 18.0. The first-order valence-electron chi connectivity index (χ1n) is 10.4. The van der Waals surface area contributed by atoms with Crippen molar-refractivity contribution in [1.29, 1.82) is 0 Å². The van der Waals surface area contributed by atoms with E-state index in [4.69, 9.17) is 23.2 Å². The number of pyridine rings is 2. The first-order valence-corrected chi connectivity index (χ1v) is 11.2. The van der Waals surface area contributed by atoms with Gasteiger partial charge in [0.05, 0.1) is 15.6 Å². The third-order valence-corrected chi connectivity index (χ3v) is 5.68. The largest absolute Gasteiger partial charge is 0.480 e. The van der Waals surface area contributed by atoms with E-state index in [1.54, 1.807) is 12.3 Å². The first-order chi connectivity index (χ1) is 15.9. The molecular formula is C24H24Cl2N4O3. The predicted octanol–water partition coefficient (Wildman–Crippen LogP) is 4.43. The molecule has 0 radical (unpaired) electrons. The van der Waals surface area contributed by atoms with Crippen LogP contribution in [0.1, 0.15) is 33.7 Å². The van der Waals surface area contributed by atoms with Gasteiger partial charge in [-0.05, 0) is 55.2 Å². The number of benzene rings is 1. The number of nitrogens with zero attached hydrogens (tertiary/aromatic N) is 2. The SMILES string of the molecule is CNc1cccc(CCCc2ccc(C[C@H](NC(=O)c3c(Cl)cccc3Cl)C(=O)O)cn2)n1. The van der Waals surface area contributed by atoms with Crippen molar-refractivity contribution in [1.82, 2.24) is 15.3 Å². The number of hydrogen-bond donors (Lipinski definition) is 3. The number of halogens is 2. The number of aryl methyl sites for hydroxylation is 2. The number of carboxylic acids is 1. The Morgan fingerprint density at radius 1 is 1.00 bits per heavy atom. The van der Waals surface area contributed by atoms with Crippen molar-refractivity contribution in [2.75, 3.05) is 12.4 Å². The second kappa shape index (κ2) is 11.6. The summed E-state index contributed by atoms with van der Waals surface area (Å²) < 4.78 is 0. The summed E-state index contributed by atoms with van der Waals surface area (Å²) >= 11 is 12.1. The van der Waals surface area contributed by atoms with Gasteiger partial charge in [0.1, 0.15) is 11.9 Å². The molecule has 2 aromatic heterocycles. The van der Waals surface area contributed by atoms with Crippen LogP contribution in [0.15, 0.2) is 54.7 Å². The Balaban J connectivity index is 1.57. The van der Waals surface area contributed by atoms with Crippen molar-refractivity contribution in [3.63, 3.8) is 0 Å². The van der Waals surface area contributed by atoms with Crippen LogP contribution in [0.3, 0.4) is 0 Å².